The average molecular weight is 277 g/mol. The van der Waals surface area contributed by atoms with E-state index in [0.29, 0.717) is 12.2 Å². The van der Waals surface area contributed by atoms with Gasteiger partial charge in [0, 0.05) is 11.8 Å². The summed E-state index contributed by atoms with van der Waals surface area (Å²) in [5.74, 6) is -0.0523. The van der Waals surface area contributed by atoms with E-state index in [0.717, 1.165) is 6.07 Å². The molecule has 1 aromatic rings. The lowest BCUT2D eigenvalue weighted by Gasteiger charge is -2.16. The lowest BCUT2D eigenvalue weighted by molar-refractivity contribution is 0.541. The molecule has 0 fully saturated rings. The van der Waals surface area contributed by atoms with Crippen LogP contribution in [0, 0.1) is 5.82 Å². The Morgan fingerprint density at radius 2 is 2.06 bits per heavy atom. The zero-order valence-electron chi connectivity index (χ0n) is 9.81. The Kier molecular flexibility index (Phi) is 5.42. The van der Waals surface area contributed by atoms with Crippen LogP contribution in [0.2, 0.25) is 0 Å². The van der Waals surface area contributed by atoms with E-state index in [4.69, 9.17) is 0 Å². The van der Waals surface area contributed by atoms with Crippen LogP contribution in [0.1, 0.15) is 13.3 Å². The van der Waals surface area contributed by atoms with Crippen molar-refractivity contribution in [3.05, 3.63) is 30.1 Å². The Hall–Kier alpha value is -0.590. The second kappa shape index (κ2) is 6.37. The maximum absolute atomic E-state index is 13.4. The largest absolute Gasteiger partial charge is 0.243 e. The number of halogens is 1. The molecule has 0 heterocycles. The van der Waals surface area contributed by atoms with E-state index >= 15 is 0 Å². The van der Waals surface area contributed by atoms with Gasteiger partial charge in [0.2, 0.25) is 10.0 Å². The van der Waals surface area contributed by atoms with Gasteiger partial charge in [-0.25, -0.2) is 17.5 Å². The van der Waals surface area contributed by atoms with Gasteiger partial charge in [-0.3, -0.25) is 0 Å². The number of rotatable bonds is 6. The number of nitrogens with one attached hydrogen (secondary N) is 1. The van der Waals surface area contributed by atoms with E-state index in [-0.39, 0.29) is 10.9 Å². The molecule has 1 N–H and O–H groups in total. The Bertz CT molecular complexity index is 462. The molecule has 3 nitrogen and oxygen atoms in total. The molecule has 0 saturated heterocycles. The molecule has 17 heavy (non-hydrogen) atoms. The summed E-state index contributed by atoms with van der Waals surface area (Å²) in [4.78, 5) is -0.292. The average Bonchev–Trinajstić information content (AvgIpc) is 2.28. The fraction of sp³-hybridized carbons (Fsp3) is 0.455. The molecule has 1 rings (SSSR count). The van der Waals surface area contributed by atoms with Crippen LogP contribution in [0.5, 0.6) is 0 Å². The van der Waals surface area contributed by atoms with Crippen LogP contribution in [-0.4, -0.2) is 26.5 Å². The molecule has 0 aliphatic rings. The van der Waals surface area contributed by atoms with E-state index in [9.17, 15) is 12.8 Å². The number of hydrogen-bond acceptors (Lipinski definition) is 3. The fourth-order valence-corrected chi connectivity index (χ4v) is 3.61. The summed E-state index contributed by atoms with van der Waals surface area (Å²) >= 11 is 1.55. The maximum atomic E-state index is 13.4. The SMILES string of the molecule is CCC(CSC)NS(=O)(=O)c1ccccc1F. The molecule has 1 atom stereocenters. The molecule has 1 aromatic carbocycles. The van der Waals surface area contributed by atoms with Crippen LogP contribution < -0.4 is 4.72 Å². The zero-order chi connectivity index (χ0) is 12.9. The lowest BCUT2D eigenvalue weighted by atomic mass is 10.3. The van der Waals surface area contributed by atoms with Gasteiger partial charge in [-0.05, 0) is 24.8 Å². The summed E-state index contributed by atoms with van der Waals surface area (Å²) in [5, 5.41) is 0. The van der Waals surface area contributed by atoms with Crippen molar-refractivity contribution >= 4 is 21.8 Å². The van der Waals surface area contributed by atoms with Gasteiger partial charge < -0.3 is 0 Å². The van der Waals surface area contributed by atoms with Gasteiger partial charge in [0.05, 0.1) is 0 Å². The molecular weight excluding hydrogens is 261 g/mol. The van der Waals surface area contributed by atoms with E-state index in [1.54, 1.807) is 11.8 Å². The maximum Gasteiger partial charge on any atom is 0.243 e. The predicted molar refractivity (Wildman–Crippen MR) is 69.2 cm³/mol. The van der Waals surface area contributed by atoms with Gasteiger partial charge in [0.1, 0.15) is 10.7 Å². The lowest BCUT2D eigenvalue weighted by Crippen LogP contribution is -2.36. The van der Waals surface area contributed by atoms with Crippen LogP contribution in [0.3, 0.4) is 0 Å². The minimum Gasteiger partial charge on any atom is -0.207 e. The van der Waals surface area contributed by atoms with Gasteiger partial charge in [0.25, 0.3) is 0 Å². The van der Waals surface area contributed by atoms with Crippen molar-refractivity contribution in [2.75, 3.05) is 12.0 Å². The first-order chi connectivity index (χ1) is 8.01. The highest BCUT2D eigenvalue weighted by Crippen LogP contribution is 2.14. The Morgan fingerprint density at radius 1 is 1.41 bits per heavy atom. The van der Waals surface area contributed by atoms with Crippen LogP contribution in [0.25, 0.3) is 0 Å². The Balaban J connectivity index is 2.92. The molecule has 96 valence electrons. The molecule has 0 aromatic heterocycles. The first-order valence-electron chi connectivity index (χ1n) is 5.27. The summed E-state index contributed by atoms with van der Waals surface area (Å²) in [6.07, 6.45) is 2.58. The number of sulfonamides is 1. The summed E-state index contributed by atoms with van der Waals surface area (Å²) in [6.45, 7) is 1.89. The number of benzene rings is 1. The van der Waals surface area contributed by atoms with E-state index in [1.807, 2.05) is 13.2 Å². The monoisotopic (exact) mass is 277 g/mol. The molecule has 1 unspecified atom stereocenters. The third kappa shape index (κ3) is 3.97. The van der Waals surface area contributed by atoms with Crippen molar-refractivity contribution in [1.29, 1.82) is 0 Å². The van der Waals surface area contributed by atoms with Crippen molar-refractivity contribution < 1.29 is 12.8 Å². The molecule has 0 radical (unpaired) electrons. The van der Waals surface area contributed by atoms with Gasteiger partial charge in [-0.2, -0.15) is 11.8 Å². The summed E-state index contributed by atoms with van der Waals surface area (Å²) in [5.41, 5.74) is 0. The van der Waals surface area contributed by atoms with E-state index in [1.165, 1.54) is 18.2 Å². The molecule has 0 aliphatic carbocycles. The third-order valence-electron chi connectivity index (χ3n) is 2.31. The number of hydrogen-bond donors (Lipinski definition) is 1. The van der Waals surface area contributed by atoms with Crippen LogP contribution in [0.4, 0.5) is 4.39 Å². The minimum absolute atomic E-state index is 0.172. The highest BCUT2D eigenvalue weighted by Gasteiger charge is 2.21. The normalized spacial score (nSPS) is 13.6. The van der Waals surface area contributed by atoms with Gasteiger partial charge in [-0.1, -0.05) is 19.1 Å². The summed E-state index contributed by atoms with van der Waals surface area (Å²) in [6, 6.07) is 5.21. The molecular formula is C11H16FNO2S2. The molecule has 6 heteroatoms. The second-order valence-corrected chi connectivity index (χ2v) is 6.21. The zero-order valence-corrected chi connectivity index (χ0v) is 11.4. The topological polar surface area (TPSA) is 46.2 Å². The fourth-order valence-electron chi connectivity index (χ4n) is 1.38. The standard InChI is InChI=1S/C11H16FNO2S2/c1-3-9(8-16-2)13-17(14,15)11-7-5-4-6-10(11)12/h4-7,9,13H,3,8H2,1-2H3. The van der Waals surface area contributed by atoms with Crippen LogP contribution >= 0.6 is 11.8 Å². The van der Waals surface area contributed by atoms with Crippen molar-refractivity contribution in [2.45, 2.75) is 24.3 Å². The summed E-state index contributed by atoms with van der Waals surface area (Å²) in [7, 11) is -3.76. The van der Waals surface area contributed by atoms with Gasteiger partial charge >= 0.3 is 0 Å². The molecule has 0 saturated carbocycles. The second-order valence-electron chi connectivity index (χ2n) is 3.61. The molecule has 0 aliphatic heterocycles. The van der Waals surface area contributed by atoms with E-state index < -0.39 is 15.8 Å². The first-order valence-corrected chi connectivity index (χ1v) is 8.14. The summed E-state index contributed by atoms with van der Waals surface area (Å²) < 4.78 is 39.8. The third-order valence-corrected chi connectivity index (χ3v) is 4.60. The predicted octanol–water partition coefficient (Wildman–Crippen LogP) is 2.25. The van der Waals surface area contributed by atoms with Crippen molar-refractivity contribution in [3.8, 4) is 0 Å². The van der Waals surface area contributed by atoms with Crippen LogP contribution in [0.15, 0.2) is 29.2 Å². The Morgan fingerprint density at radius 3 is 2.59 bits per heavy atom. The molecule has 0 spiro atoms. The van der Waals surface area contributed by atoms with Gasteiger partial charge in [0.15, 0.2) is 0 Å². The molecule has 0 bridgehead atoms. The number of thioether (sulfide) groups is 1. The highest BCUT2D eigenvalue weighted by atomic mass is 32.2. The first kappa shape index (κ1) is 14.5. The highest BCUT2D eigenvalue weighted by molar-refractivity contribution is 7.98. The quantitative estimate of drug-likeness (QED) is 0.867. The van der Waals surface area contributed by atoms with Crippen molar-refractivity contribution in [1.82, 2.24) is 4.72 Å². The smallest absolute Gasteiger partial charge is 0.207 e. The van der Waals surface area contributed by atoms with E-state index in [2.05, 4.69) is 4.72 Å². The molecule has 0 amide bonds. The van der Waals surface area contributed by atoms with Gasteiger partial charge in [-0.15, -0.1) is 0 Å². The van der Waals surface area contributed by atoms with Crippen molar-refractivity contribution in [2.24, 2.45) is 0 Å². The van der Waals surface area contributed by atoms with Crippen molar-refractivity contribution in [3.63, 3.8) is 0 Å². The van der Waals surface area contributed by atoms with Crippen LogP contribution in [-0.2, 0) is 10.0 Å². The Labute approximate surface area is 106 Å². The minimum atomic E-state index is -3.76.